The van der Waals surface area contributed by atoms with E-state index in [4.69, 9.17) is 5.11 Å². The number of aliphatic hydroxyl groups excluding tert-OH is 1. The molecule has 11 heavy (non-hydrogen) atoms. The summed E-state index contributed by atoms with van der Waals surface area (Å²) in [5.41, 5.74) is 0. The Labute approximate surface area is 64.7 Å². The minimum Gasteiger partial charge on any atom is -0.726 e. The molecule has 6 nitrogen and oxygen atoms in total. The van der Waals surface area contributed by atoms with Gasteiger partial charge in [0.05, 0.1) is 26.4 Å². The molecule has 0 aliphatic rings. The average Bonchev–Trinajstić information content (AvgIpc) is 1.85. The Morgan fingerprint density at radius 2 is 1.91 bits per heavy atom. The van der Waals surface area contributed by atoms with Crippen molar-refractivity contribution in [1.82, 2.24) is 0 Å². The van der Waals surface area contributed by atoms with E-state index in [1.54, 1.807) is 0 Å². The van der Waals surface area contributed by atoms with Crippen LogP contribution in [0.2, 0.25) is 0 Å². The Kier molecular flexibility index (Phi) is 5.34. The molecule has 0 aliphatic carbocycles. The number of hydrogen-bond acceptors (Lipinski definition) is 6. The van der Waals surface area contributed by atoms with E-state index in [9.17, 15) is 13.0 Å². The van der Waals surface area contributed by atoms with Gasteiger partial charge in [-0.05, 0) is 0 Å². The molecular formula is C4H9O6S-. The largest absolute Gasteiger partial charge is 0.726 e. The van der Waals surface area contributed by atoms with Crippen molar-refractivity contribution in [3.63, 3.8) is 0 Å². The van der Waals surface area contributed by atoms with Gasteiger partial charge < -0.3 is 14.4 Å². The first-order valence-corrected chi connectivity index (χ1v) is 4.18. The molecule has 0 bridgehead atoms. The fourth-order valence-corrected chi connectivity index (χ4v) is 0.634. The van der Waals surface area contributed by atoms with Crippen LogP contribution >= 0.6 is 0 Å². The Bertz CT molecular complexity index is 173. The Morgan fingerprint density at radius 1 is 1.27 bits per heavy atom. The molecule has 0 saturated heterocycles. The van der Waals surface area contributed by atoms with E-state index in [0.29, 0.717) is 0 Å². The van der Waals surface area contributed by atoms with E-state index < -0.39 is 10.4 Å². The lowest BCUT2D eigenvalue weighted by Crippen LogP contribution is -2.11. The molecule has 0 fully saturated rings. The standard InChI is InChI=1S/C4H10O6S/c5-1-2-9-3-4-10-11(6,7)8/h5H,1-4H2,(H,6,7,8)/p-1. The summed E-state index contributed by atoms with van der Waals surface area (Å²) < 4.78 is 37.7. The summed E-state index contributed by atoms with van der Waals surface area (Å²) in [5, 5.41) is 8.18. The molecule has 0 aromatic rings. The Morgan fingerprint density at radius 3 is 2.36 bits per heavy atom. The molecule has 0 spiro atoms. The van der Waals surface area contributed by atoms with E-state index in [0.717, 1.165) is 0 Å². The average molecular weight is 185 g/mol. The lowest BCUT2D eigenvalue weighted by Gasteiger charge is -2.06. The molecule has 68 valence electrons. The van der Waals surface area contributed by atoms with Gasteiger partial charge in [-0.15, -0.1) is 0 Å². The van der Waals surface area contributed by atoms with Crippen LogP contribution in [-0.4, -0.2) is 44.5 Å². The van der Waals surface area contributed by atoms with Gasteiger partial charge in [-0.25, -0.2) is 8.42 Å². The molecule has 0 radical (unpaired) electrons. The van der Waals surface area contributed by atoms with Crippen LogP contribution in [-0.2, 0) is 19.3 Å². The van der Waals surface area contributed by atoms with E-state index in [-0.39, 0.29) is 26.4 Å². The Hall–Kier alpha value is -0.210. The summed E-state index contributed by atoms with van der Waals surface area (Å²) in [6.45, 7) is -0.389. The molecule has 0 atom stereocenters. The van der Waals surface area contributed by atoms with E-state index in [1.165, 1.54) is 0 Å². The summed E-state index contributed by atoms with van der Waals surface area (Å²) in [4.78, 5) is 0. The van der Waals surface area contributed by atoms with Crippen molar-refractivity contribution in [2.24, 2.45) is 0 Å². The molecule has 0 aromatic heterocycles. The van der Waals surface area contributed by atoms with Gasteiger partial charge in [-0.3, -0.25) is 4.18 Å². The fourth-order valence-electron chi connectivity index (χ4n) is 0.362. The number of hydrogen-bond donors (Lipinski definition) is 1. The van der Waals surface area contributed by atoms with Gasteiger partial charge in [0.1, 0.15) is 0 Å². The van der Waals surface area contributed by atoms with Gasteiger partial charge in [-0.1, -0.05) is 0 Å². The zero-order valence-corrected chi connectivity index (χ0v) is 6.54. The normalized spacial score (nSPS) is 11.8. The van der Waals surface area contributed by atoms with Crippen molar-refractivity contribution in [2.75, 3.05) is 26.4 Å². The highest BCUT2D eigenvalue weighted by Crippen LogP contribution is 1.85. The minimum absolute atomic E-state index is 0.0258. The molecule has 0 heterocycles. The highest BCUT2D eigenvalue weighted by atomic mass is 32.3. The van der Waals surface area contributed by atoms with Gasteiger partial charge in [0.25, 0.3) is 0 Å². The molecule has 0 unspecified atom stereocenters. The number of rotatable bonds is 6. The van der Waals surface area contributed by atoms with Crippen molar-refractivity contribution < 1.29 is 27.0 Å². The fraction of sp³-hybridized carbons (Fsp3) is 1.00. The third-order valence-electron chi connectivity index (χ3n) is 0.691. The first-order valence-electron chi connectivity index (χ1n) is 2.85. The summed E-state index contributed by atoms with van der Waals surface area (Å²) in [5.74, 6) is 0. The lowest BCUT2D eigenvalue weighted by atomic mass is 10.7. The van der Waals surface area contributed by atoms with Crippen LogP contribution in [0.15, 0.2) is 0 Å². The second kappa shape index (κ2) is 5.44. The van der Waals surface area contributed by atoms with E-state index in [1.807, 2.05) is 0 Å². The third-order valence-corrected chi connectivity index (χ3v) is 1.15. The van der Waals surface area contributed by atoms with Gasteiger partial charge in [0.15, 0.2) is 0 Å². The second-order valence-corrected chi connectivity index (χ2v) is 2.62. The van der Waals surface area contributed by atoms with Crippen LogP contribution in [0.4, 0.5) is 0 Å². The van der Waals surface area contributed by atoms with Crippen molar-refractivity contribution in [3.05, 3.63) is 0 Å². The SMILES string of the molecule is O=S(=O)([O-])OCCOCCO. The Balaban J connectivity index is 3.16. The van der Waals surface area contributed by atoms with E-state index >= 15 is 0 Å². The van der Waals surface area contributed by atoms with Gasteiger partial charge in [0, 0.05) is 0 Å². The van der Waals surface area contributed by atoms with Crippen LogP contribution in [0.25, 0.3) is 0 Å². The van der Waals surface area contributed by atoms with Crippen molar-refractivity contribution in [2.45, 2.75) is 0 Å². The van der Waals surface area contributed by atoms with Gasteiger partial charge in [-0.2, -0.15) is 0 Å². The third kappa shape index (κ3) is 9.79. The maximum Gasteiger partial charge on any atom is 0.217 e. The molecule has 0 rings (SSSR count). The van der Waals surface area contributed by atoms with Gasteiger partial charge in [0.2, 0.25) is 10.4 Å². The lowest BCUT2D eigenvalue weighted by molar-refractivity contribution is 0.0688. The zero-order valence-electron chi connectivity index (χ0n) is 5.73. The highest BCUT2D eigenvalue weighted by Gasteiger charge is 1.93. The zero-order chi connectivity index (χ0) is 8.74. The quantitative estimate of drug-likeness (QED) is 0.306. The maximum atomic E-state index is 9.78. The molecule has 0 saturated carbocycles. The monoisotopic (exact) mass is 185 g/mol. The second-order valence-electron chi connectivity index (χ2n) is 1.57. The van der Waals surface area contributed by atoms with Crippen molar-refractivity contribution in [3.8, 4) is 0 Å². The first kappa shape index (κ1) is 10.8. The van der Waals surface area contributed by atoms with Crippen LogP contribution in [0, 0.1) is 0 Å². The van der Waals surface area contributed by atoms with Crippen LogP contribution < -0.4 is 0 Å². The molecule has 0 amide bonds. The van der Waals surface area contributed by atoms with Crippen molar-refractivity contribution in [1.29, 1.82) is 0 Å². The van der Waals surface area contributed by atoms with Crippen LogP contribution in [0.1, 0.15) is 0 Å². The summed E-state index contributed by atoms with van der Waals surface area (Å²) in [6, 6.07) is 0. The molecule has 1 N–H and O–H groups in total. The molecular weight excluding hydrogens is 176 g/mol. The number of ether oxygens (including phenoxy) is 1. The maximum absolute atomic E-state index is 9.78. The van der Waals surface area contributed by atoms with E-state index in [2.05, 4.69) is 8.92 Å². The smallest absolute Gasteiger partial charge is 0.217 e. The van der Waals surface area contributed by atoms with Crippen molar-refractivity contribution >= 4 is 10.4 Å². The van der Waals surface area contributed by atoms with Crippen LogP contribution in [0.3, 0.4) is 0 Å². The molecule has 7 heteroatoms. The summed E-state index contributed by atoms with van der Waals surface area (Å²) in [7, 11) is -4.60. The summed E-state index contributed by atoms with van der Waals surface area (Å²) in [6.07, 6.45) is 0. The number of aliphatic hydroxyl groups is 1. The van der Waals surface area contributed by atoms with Gasteiger partial charge >= 0.3 is 0 Å². The minimum atomic E-state index is -4.60. The highest BCUT2D eigenvalue weighted by molar-refractivity contribution is 7.80. The topological polar surface area (TPSA) is 95.9 Å². The van der Waals surface area contributed by atoms with Crippen LogP contribution in [0.5, 0.6) is 0 Å². The first-order chi connectivity index (χ1) is 5.06. The summed E-state index contributed by atoms with van der Waals surface area (Å²) >= 11 is 0. The molecule has 0 aliphatic heterocycles. The molecule has 0 aromatic carbocycles. The predicted molar refractivity (Wildman–Crippen MR) is 33.6 cm³/mol. The predicted octanol–water partition coefficient (Wildman–Crippen LogP) is -1.53.